The van der Waals surface area contributed by atoms with Crippen LogP contribution in [0.1, 0.15) is 44.4 Å². The molecule has 3 nitrogen and oxygen atoms in total. The summed E-state index contributed by atoms with van der Waals surface area (Å²) in [6, 6.07) is 8.55. The molecule has 1 aromatic rings. The molecule has 4 heteroatoms. The van der Waals surface area contributed by atoms with E-state index in [1.54, 1.807) is 0 Å². The van der Waals surface area contributed by atoms with Crippen molar-refractivity contribution in [2.75, 3.05) is 6.61 Å². The third kappa shape index (κ3) is 3.39. The van der Waals surface area contributed by atoms with Gasteiger partial charge in [0.2, 0.25) is 0 Å². The Kier molecular flexibility index (Phi) is 4.63. The first-order valence-electron chi connectivity index (χ1n) is 6.00. The fourth-order valence-electron chi connectivity index (χ4n) is 1.99. The molecule has 1 aromatic carbocycles. The standard InChI is InChI=1S/C14H19NO2.ClH/c1-14(2,3)11-6-4-10(5-7-11)12-8-9-17-13(16)15-12;/h4-7,12H,8-9H2,1-3H3,(H,15,16);1H/t12-;/m1./s1. The third-order valence-corrected chi connectivity index (χ3v) is 3.11. The van der Waals surface area contributed by atoms with Crippen LogP contribution in [-0.4, -0.2) is 12.7 Å². The summed E-state index contributed by atoms with van der Waals surface area (Å²) in [4.78, 5) is 11.1. The highest BCUT2D eigenvalue weighted by Gasteiger charge is 2.21. The molecule has 1 heterocycles. The summed E-state index contributed by atoms with van der Waals surface area (Å²) < 4.78 is 4.86. The monoisotopic (exact) mass is 269 g/mol. The van der Waals surface area contributed by atoms with Crippen LogP contribution in [0.25, 0.3) is 0 Å². The summed E-state index contributed by atoms with van der Waals surface area (Å²) in [6.07, 6.45) is 0.516. The highest BCUT2D eigenvalue weighted by molar-refractivity contribution is 5.85. The number of halogens is 1. The van der Waals surface area contributed by atoms with Crippen molar-refractivity contribution in [2.45, 2.75) is 38.6 Å². The molecule has 1 aliphatic rings. The first-order chi connectivity index (χ1) is 7.97. The van der Waals surface area contributed by atoms with E-state index in [9.17, 15) is 4.79 Å². The zero-order valence-electron chi connectivity index (χ0n) is 11.0. The molecule has 2 rings (SSSR count). The number of hydrogen-bond donors (Lipinski definition) is 1. The molecule has 1 aliphatic heterocycles. The molecule has 0 bridgehead atoms. The van der Waals surface area contributed by atoms with E-state index in [2.05, 4.69) is 50.4 Å². The Balaban J connectivity index is 0.00000162. The van der Waals surface area contributed by atoms with E-state index in [0.29, 0.717) is 6.61 Å². The number of hydrogen-bond acceptors (Lipinski definition) is 2. The van der Waals surface area contributed by atoms with Gasteiger partial charge in [0.15, 0.2) is 0 Å². The lowest BCUT2D eigenvalue weighted by molar-refractivity contribution is 0.115. The van der Waals surface area contributed by atoms with Gasteiger partial charge in [-0.25, -0.2) is 4.79 Å². The molecular formula is C14H20ClNO2. The predicted octanol–water partition coefficient (Wildman–Crippen LogP) is 3.58. The minimum atomic E-state index is -0.318. The van der Waals surface area contributed by atoms with Crippen LogP contribution in [-0.2, 0) is 10.2 Å². The molecule has 1 saturated heterocycles. The van der Waals surface area contributed by atoms with Gasteiger partial charge in [0.05, 0.1) is 12.6 Å². The third-order valence-electron chi connectivity index (χ3n) is 3.11. The van der Waals surface area contributed by atoms with E-state index in [0.717, 1.165) is 12.0 Å². The largest absolute Gasteiger partial charge is 0.449 e. The number of rotatable bonds is 1. The molecule has 0 radical (unpaired) electrons. The Bertz CT molecular complexity index is 409. The first-order valence-corrected chi connectivity index (χ1v) is 6.00. The normalized spacial score (nSPS) is 19.5. The predicted molar refractivity (Wildman–Crippen MR) is 74.2 cm³/mol. The van der Waals surface area contributed by atoms with Gasteiger partial charge in [-0.15, -0.1) is 12.4 Å². The van der Waals surface area contributed by atoms with Crippen molar-refractivity contribution < 1.29 is 9.53 Å². The maximum Gasteiger partial charge on any atom is 0.407 e. The van der Waals surface area contributed by atoms with Gasteiger partial charge in [-0.3, -0.25) is 0 Å². The summed E-state index contributed by atoms with van der Waals surface area (Å²) >= 11 is 0. The SMILES string of the molecule is CC(C)(C)c1ccc([C@H]2CCOC(=O)N2)cc1.Cl. The van der Waals surface area contributed by atoms with E-state index in [4.69, 9.17) is 4.74 Å². The zero-order valence-corrected chi connectivity index (χ0v) is 11.8. The molecule has 0 aromatic heterocycles. The molecule has 0 spiro atoms. The van der Waals surface area contributed by atoms with Crippen molar-refractivity contribution in [3.63, 3.8) is 0 Å². The molecule has 1 amide bonds. The van der Waals surface area contributed by atoms with Crippen molar-refractivity contribution in [2.24, 2.45) is 0 Å². The molecular weight excluding hydrogens is 250 g/mol. The lowest BCUT2D eigenvalue weighted by Gasteiger charge is -2.25. The summed E-state index contributed by atoms with van der Waals surface area (Å²) in [6.45, 7) is 7.08. The van der Waals surface area contributed by atoms with Gasteiger partial charge in [0.25, 0.3) is 0 Å². The number of alkyl carbamates (subject to hydrolysis) is 1. The van der Waals surface area contributed by atoms with Crippen LogP contribution in [0.3, 0.4) is 0 Å². The fraction of sp³-hybridized carbons (Fsp3) is 0.500. The first kappa shape index (κ1) is 14.8. The second kappa shape index (κ2) is 5.61. The van der Waals surface area contributed by atoms with Crippen molar-refractivity contribution in [3.05, 3.63) is 35.4 Å². The number of nitrogens with one attached hydrogen (secondary N) is 1. The molecule has 1 N–H and O–H groups in total. The number of carbonyl (C=O) groups is 1. The van der Waals surface area contributed by atoms with Crippen LogP contribution >= 0.6 is 12.4 Å². The summed E-state index contributed by atoms with van der Waals surface area (Å²) in [5.74, 6) is 0. The lowest BCUT2D eigenvalue weighted by atomic mass is 9.86. The molecule has 0 unspecified atom stereocenters. The van der Waals surface area contributed by atoms with Crippen LogP contribution in [0.5, 0.6) is 0 Å². The maximum absolute atomic E-state index is 11.1. The maximum atomic E-state index is 11.1. The minimum absolute atomic E-state index is 0. The Morgan fingerprint density at radius 3 is 2.33 bits per heavy atom. The molecule has 1 fully saturated rings. The van der Waals surface area contributed by atoms with E-state index in [-0.39, 0.29) is 30.0 Å². The number of ether oxygens (including phenoxy) is 1. The molecule has 0 saturated carbocycles. The second-order valence-corrected chi connectivity index (χ2v) is 5.49. The van der Waals surface area contributed by atoms with Crippen LogP contribution in [0.2, 0.25) is 0 Å². The van der Waals surface area contributed by atoms with Gasteiger partial charge in [-0.05, 0) is 16.5 Å². The van der Waals surface area contributed by atoms with Gasteiger partial charge in [0, 0.05) is 6.42 Å². The summed E-state index contributed by atoms with van der Waals surface area (Å²) in [5, 5.41) is 2.83. The lowest BCUT2D eigenvalue weighted by Crippen LogP contribution is -2.35. The Morgan fingerprint density at radius 1 is 1.22 bits per heavy atom. The van der Waals surface area contributed by atoms with Crippen LogP contribution in [0.15, 0.2) is 24.3 Å². The average Bonchev–Trinajstić information content (AvgIpc) is 2.28. The van der Waals surface area contributed by atoms with E-state index < -0.39 is 0 Å². The highest BCUT2D eigenvalue weighted by atomic mass is 35.5. The van der Waals surface area contributed by atoms with E-state index >= 15 is 0 Å². The summed E-state index contributed by atoms with van der Waals surface area (Å²) in [5.41, 5.74) is 2.62. The molecule has 18 heavy (non-hydrogen) atoms. The van der Waals surface area contributed by atoms with Crippen molar-refractivity contribution in [1.82, 2.24) is 5.32 Å². The average molecular weight is 270 g/mol. The van der Waals surface area contributed by atoms with Gasteiger partial charge in [0.1, 0.15) is 0 Å². The highest BCUT2D eigenvalue weighted by Crippen LogP contribution is 2.25. The van der Waals surface area contributed by atoms with Crippen molar-refractivity contribution in [1.29, 1.82) is 0 Å². The number of amides is 1. The molecule has 100 valence electrons. The number of carbonyl (C=O) groups excluding carboxylic acids is 1. The van der Waals surface area contributed by atoms with Crippen LogP contribution in [0.4, 0.5) is 4.79 Å². The van der Waals surface area contributed by atoms with Gasteiger partial charge < -0.3 is 10.1 Å². The number of benzene rings is 1. The summed E-state index contributed by atoms with van der Waals surface area (Å²) in [7, 11) is 0. The molecule has 0 aliphatic carbocycles. The quantitative estimate of drug-likeness (QED) is 0.846. The Labute approximate surface area is 114 Å². The smallest absolute Gasteiger partial charge is 0.407 e. The van der Waals surface area contributed by atoms with Gasteiger partial charge in [-0.1, -0.05) is 45.0 Å². The number of cyclic esters (lactones) is 1. The van der Waals surface area contributed by atoms with Crippen LogP contribution < -0.4 is 5.32 Å². The topological polar surface area (TPSA) is 38.3 Å². The molecule has 1 atom stereocenters. The van der Waals surface area contributed by atoms with E-state index in [1.807, 2.05) is 0 Å². The Hall–Kier alpha value is -1.22. The van der Waals surface area contributed by atoms with Crippen molar-refractivity contribution in [3.8, 4) is 0 Å². The Morgan fingerprint density at radius 2 is 1.83 bits per heavy atom. The second-order valence-electron chi connectivity index (χ2n) is 5.49. The fourth-order valence-corrected chi connectivity index (χ4v) is 1.99. The van der Waals surface area contributed by atoms with Gasteiger partial charge >= 0.3 is 6.09 Å². The minimum Gasteiger partial charge on any atom is -0.449 e. The zero-order chi connectivity index (χ0) is 12.5. The van der Waals surface area contributed by atoms with E-state index in [1.165, 1.54) is 5.56 Å². The van der Waals surface area contributed by atoms with Crippen molar-refractivity contribution >= 4 is 18.5 Å². The van der Waals surface area contributed by atoms with Crippen LogP contribution in [0, 0.1) is 0 Å². The van der Waals surface area contributed by atoms with Gasteiger partial charge in [-0.2, -0.15) is 0 Å².